The first-order chi connectivity index (χ1) is 8.26. The maximum atomic E-state index is 11.6. The van der Waals surface area contributed by atoms with Crippen LogP contribution in [0.4, 0.5) is 0 Å². The lowest BCUT2D eigenvalue weighted by molar-refractivity contribution is -0.145. The standard InChI is InChI=1S/C13H25NO3/c1-4-7-10-16-11-9-14-12(8-5-2)13(15)17-6-3/h4,12,14H,1,5-11H2,2-3H3. The summed E-state index contributed by atoms with van der Waals surface area (Å²) in [4.78, 5) is 11.6. The molecule has 0 heterocycles. The number of carbonyl (C=O) groups is 1. The molecule has 0 aliphatic rings. The van der Waals surface area contributed by atoms with E-state index in [1.54, 1.807) is 0 Å². The molecule has 0 bridgehead atoms. The molecular weight excluding hydrogens is 218 g/mol. The van der Waals surface area contributed by atoms with Crippen molar-refractivity contribution in [1.29, 1.82) is 0 Å². The van der Waals surface area contributed by atoms with Gasteiger partial charge >= 0.3 is 5.97 Å². The first-order valence-corrected chi connectivity index (χ1v) is 6.34. The Hall–Kier alpha value is -0.870. The highest BCUT2D eigenvalue weighted by atomic mass is 16.5. The smallest absolute Gasteiger partial charge is 0.323 e. The van der Waals surface area contributed by atoms with Crippen molar-refractivity contribution in [2.24, 2.45) is 0 Å². The van der Waals surface area contributed by atoms with Crippen LogP contribution < -0.4 is 5.32 Å². The third-order valence-electron chi connectivity index (χ3n) is 2.25. The largest absolute Gasteiger partial charge is 0.465 e. The van der Waals surface area contributed by atoms with E-state index in [1.807, 2.05) is 13.0 Å². The highest BCUT2D eigenvalue weighted by Gasteiger charge is 2.17. The second-order valence-electron chi connectivity index (χ2n) is 3.74. The minimum atomic E-state index is -0.206. The first-order valence-electron chi connectivity index (χ1n) is 6.34. The van der Waals surface area contributed by atoms with Gasteiger partial charge in [-0.25, -0.2) is 0 Å². The van der Waals surface area contributed by atoms with Gasteiger partial charge in [-0.15, -0.1) is 6.58 Å². The van der Waals surface area contributed by atoms with Crippen LogP contribution in [-0.2, 0) is 14.3 Å². The van der Waals surface area contributed by atoms with Crippen molar-refractivity contribution in [3.05, 3.63) is 12.7 Å². The van der Waals surface area contributed by atoms with E-state index in [9.17, 15) is 4.79 Å². The van der Waals surface area contributed by atoms with Gasteiger partial charge in [-0.1, -0.05) is 19.4 Å². The van der Waals surface area contributed by atoms with Gasteiger partial charge in [-0.05, 0) is 19.8 Å². The number of hydrogen-bond acceptors (Lipinski definition) is 4. The summed E-state index contributed by atoms with van der Waals surface area (Å²) in [6.07, 6.45) is 4.43. The Morgan fingerprint density at radius 3 is 2.76 bits per heavy atom. The van der Waals surface area contributed by atoms with Gasteiger partial charge in [0.2, 0.25) is 0 Å². The molecule has 1 atom stereocenters. The molecule has 0 aromatic carbocycles. The number of nitrogens with one attached hydrogen (secondary N) is 1. The molecule has 0 saturated carbocycles. The summed E-state index contributed by atoms with van der Waals surface area (Å²) >= 11 is 0. The predicted octanol–water partition coefficient (Wildman–Crippen LogP) is 1.90. The zero-order valence-electron chi connectivity index (χ0n) is 11.0. The lowest BCUT2D eigenvalue weighted by Crippen LogP contribution is -2.39. The molecule has 4 nitrogen and oxygen atoms in total. The van der Waals surface area contributed by atoms with Crippen molar-refractivity contribution < 1.29 is 14.3 Å². The van der Waals surface area contributed by atoms with Crippen LogP contribution in [0.15, 0.2) is 12.7 Å². The molecule has 1 N–H and O–H groups in total. The van der Waals surface area contributed by atoms with E-state index in [2.05, 4.69) is 18.8 Å². The number of hydrogen-bond donors (Lipinski definition) is 1. The molecule has 0 rings (SSSR count). The van der Waals surface area contributed by atoms with E-state index in [0.717, 1.165) is 19.3 Å². The van der Waals surface area contributed by atoms with Crippen molar-refractivity contribution in [1.82, 2.24) is 5.32 Å². The van der Waals surface area contributed by atoms with E-state index in [4.69, 9.17) is 9.47 Å². The molecular formula is C13H25NO3. The summed E-state index contributed by atoms with van der Waals surface area (Å²) in [5.74, 6) is -0.166. The van der Waals surface area contributed by atoms with Crippen LogP contribution in [0, 0.1) is 0 Å². The lowest BCUT2D eigenvalue weighted by Gasteiger charge is -2.16. The Morgan fingerprint density at radius 2 is 2.18 bits per heavy atom. The third kappa shape index (κ3) is 8.89. The topological polar surface area (TPSA) is 47.6 Å². The van der Waals surface area contributed by atoms with Crippen molar-refractivity contribution in [2.75, 3.05) is 26.4 Å². The third-order valence-corrected chi connectivity index (χ3v) is 2.25. The molecule has 1 unspecified atom stereocenters. The number of ether oxygens (including phenoxy) is 2. The molecule has 100 valence electrons. The minimum absolute atomic E-state index is 0.166. The number of carbonyl (C=O) groups excluding carboxylic acids is 1. The summed E-state index contributed by atoms with van der Waals surface area (Å²) in [6.45, 7) is 9.87. The van der Waals surface area contributed by atoms with E-state index in [1.165, 1.54) is 0 Å². The molecule has 0 spiro atoms. The predicted molar refractivity (Wildman–Crippen MR) is 69.0 cm³/mol. The lowest BCUT2D eigenvalue weighted by atomic mass is 10.1. The first kappa shape index (κ1) is 16.1. The van der Waals surface area contributed by atoms with Crippen molar-refractivity contribution >= 4 is 5.97 Å². The van der Waals surface area contributed by atoms with Gasteiger partial charge < -0.3 is 14.8 Å². The van der Waals surface area contributed by atoms with E-state index < -0.39 is 0 Å². The van der Waals surface area contributed by atoms with Crippen LogP contribution >= 0.6 is 0 Å². The maximum Gasteiger partial charge on any atom is 0.323 e. The van der Waals surface area contributed by atoms with Gasteiger partial charge in [0.05, 0.1) is 19.8 Å². The van der Waals surface area contributed by atoms with Gasteiger partial charge in [0, 0.05) is 6.54 Å². The second-order valence-corrected chi connectivity index (χ2v) is 3.74. The maximum absolute atomic E-state index is 11.6. The Labute approximate surface area is 104 Å². The van der Waals surface area contributed by atoms with Gasteiger partial charge in [-0.3, -0.25) is 4.79 Å². The minimum Gasteiger partial charge on any atom is -0.465 e. The van der Waals surface area contributed by atoms with Crippen LogP contribution in [0.2, 0.25) is 0 Å². The van der Waals surface area contributed by atoms with Crippen LogP contribution in [0.3, 0.4) is 0 Å². The quantitative estimate of drug-likeness (QED) is 0.342. The van der Waals surface area contributed by atoms with Crippen molar-refractivity contribution in [3.8, 4) is 0 Å². The summed E-state index contributed by atoms with van der Waals surface area (Å²) < 4.78 is 10.4. The Morgan fingerprint density at radius 1 is 1.41 bits per heavy atom. The molecule has 0 saturated heterocycles. The average molecular weight is 243 g/mol. The van der Waals surface area contributed by atoms with E-state index in [0.29, 0.717) is 26.4 Å². The summed E-state index contributed by atoms with van der Waals surface area (Å²) in [5, 5.41) is 3.16. The SMILES string of the molecule is C=CCCOCCNC(CCC)C(=O)OCC. The van der Waals surface area contributed by atoms with Crippen molar-refractivity contribution in [3.63, 3.8) is 0 Å². The van der Waals surface area contributed by atoms with Crippen LogP contribution in [0.5, 0.6) is 0 Å². The van der Waals surface area contributed by atoms with E-state index >= 15 is 0 Å². The van der Waals surface area contributed by atoms with E-state index in [-0.39, 0.29) is 12.0 Å². The summed E-state index contributed by atoms with van der Waals surface area (Å²) in [6, 6.07) is -0.206. The highest BCUT2D eigenvalue weighted by molar-refractivity contribution is 5.75. The number of esters is 1. The molecule has 0 fully saturated rings. The second kappa shape index (κ2) is 11.6. The fraction of sp³-hybridized carbons (Fsp3) is 0.769. The van der Waals surface area contributed by atoms with Gasteiger partial charge in [0.15, 0.2) is 0 Å². The summed E-state index contributed by atoms with van der Waals surface area (Å²) in [7, 11) is 0. The van der Waals surface area contributed by atoms with Gasteiger partial charge in [-0.2, -0.15) is 0 Å². The number of rotatable bonds is 11. The Bertz CT molecular complexity index is 207. The molecule has 0 aromatic heterocycles. The molecule has 17 heavy (non-hydrogen) atoms. The van der Waals surface area contributed by atoms with Crippen LogP contribution in [-0.4, -0.2) is 38.4 Å². The molecule has 0 radical (unpaired) electrons. The van der Waals surface area contributed by atoms with Gasteiger partial charge in [0.1, 0.15) is 6.04 Å². The Kier molecular flexibility index (Phi) is 11.0. The monoisotopic (exact) mass is 243 g/mol. The molecule has 4 heteroatoms. The van der Waals surface area contributed by atoms with Crippen LogP contribution in [0.1, 0.15) is 33.1 Å². The Balaban J connectivity index is 3.69. The molecule has 0 aromatic rings. The summed E-state index contributed by atoms with van der Waals surface area (Å²) in [5.41, 5.74) is 0. The molecule has 0 aliphatic carbocycles. The van der Waals surface area contributed by atoms with Crippen LogP contribution in [0.25, 0.3) is 0 Å². The average Bonchev–Trinajstić information content (AvgIpc) is 2.32. The molecule has 0 aliphatic heterocycles. The highest BCUT2D eigenvalue weighted by Crippen LogP contribution is 1.99. The fourth-order valence-electron chi connectivity index (χ4n) is 1.41. The van der Waals surface area contributed by atoms with Crippen molar-refractivity contribution in [2.45, 2.75) is 39.2 Å². The zero-order chi connectivity index (χ0) is 12.9. The molecule has 0 amide bonds. The zero-order valence-corrected chi connectivity index (χ0v) is 11.0. The normalized spacial score (nSPS) is 12.1. The van der Waals surface area contributed by atoms with Gasteiger partial charge in [0.25, 0.3) is 0 Å². The fourth-order valence-corrected chi connectivity index (χ4v) is 1.41.